The molecule has 0 bridgehead atoms. The Bertz CT molecular complexity index is 372. The molecule has 0 aliphatic rings. The van der Waals surface area contributed by atoms with E-state index in [1.54, 1.807) is 0 Å². The van der Waals surface area contributed by atoms with Crippen molar-refractivity contribution in [2.24, 2.45) is 5.73 Å². The van der Waals surface area contributed by atoms with Crippen LogP contribution < -0.4 is 5.73 Å². The van der Waals surface area contributed by atoms with Crippen LogP contribution in [0.2, 0.25) is 0 Å². The second-order valence-electron chi connectivity index (χ2n) is 2.81. The van der Waals surface area contributed by atoms with Gasteiger partial charge in [-0.1, -0.05) is 0 Å². The van der Waals surface area contributed by atoms with Crippen LogP contribution in [0.5, 0.6) is 0 Å². The van der Waals surface area contributed by atoms with Crippen LogP contribution in [0.4, 0.5) is 26.3 Å². The van der Waals surface area contributed by atoms with E-state index in [0.29, 0.717) is 0 Å². The van der Waals surface area contributed by atoms with E-state index in [2.05, 4.69) is 5.73 Å². The Labute approximate surface area is 80.5 Å². The molecule has 0 saturated carbocycles. The first-order valence-electron chi connectivity index (χ1n) is 3.70. The first-order chi connectivity index (χ1) is 6.73. The molecule has 1 aromatic carbocycles. The van der Waals surface area contributed by atoms with E-state index in [1.807, 2.05) is 0 Å². The van der Waals surface area contributed by atoms with E-state index in [9.17, 15) is 26.3 Å². The molecule has 0 aromatic heterocycles. The summed E-state index contributed by atoms with van der Waals surface area (Å²) < 4.78 is 73.9. The van der Waals surface area contributed by atoms with Crippen LogP contribution in [0.25, 0.3) is 0 Å². The Balaban J connectivity index is 3.21. The molecule has 0 aliphatic carbocycles. The normalized spacial score (nSPS) is 14.1. The molecule has 0 unspecified atom stereocenters. The van der Waals surface area contributed by atoms with E-state index < -0.39 is 35.2 Å². The van der Waals surface area contributed by atoms with Gasteiger partial charge in [0.05, 0.1) is 0 Å². The summed E-state index contributed by atoms with van der Waals surface area (Å²) in [6.45, 7) is 0. The molecule has 84 valence electrons. The average Bonchev–Trinajstić information content (AvgIpc) is 2.08. The van der Waals surface area contributed by atoms with Crippen molar-refractivity contribution < 1.29 is 26.3 Å². The fourth-order valence-electron chi connectivity index (χ4n) is 0.953. The topological polar surface area (TPSA) is 26.0 Å². The van der Waals surface area contributed by atoms with Gasteiger partial charge in [-0.3, -0.25) is 0 Å². The van der Waals surface area contributed by atoms with Crippen molar-refractivity contribution in [1.82, 2.24) is 0 Å². The lowest BCUT2D eigenvalue weighted by Gasteiger charge is -2.16. The van der Waals surface area contributed by atoms with E-state index in [1.165, 1.54) is 0 Å². The van der Waals surface area contributed by atoms with Gasteiger partial charge in [-0.2, -0.15) is 13.2 Å². The number of rotatable bonds is 1. The molecule has 1 atom stereocenters. The second kappa shape index (κ2) is 3.73. The summed E-state index contributed by atoms with van der Waals surface area (Å²) in [5, 5.41) is 0. The van der Waals surface area contributed by atoms with Crippen LogP contribution in [0.1, 0.15) is 11.6 Å². The first-order valence-corrected chi connectivity index (χ1v) is 3.70. The van der Waals surface area contributed by atoms with Crippen LogP contribution in [-0.2, 0) is 0 Å². The number of halogens is 6. The highest BCUT2D eigenvalue weighted by Crippen LogP contribution is 2.32. The van der Waals surface area contributed by atoms with Gasteiger partial charge in [0.2, 0.25) is 0 Å². The monoisotopic (exact) mass is 229 g/mol. The van der Waals surface area contributed by atoms with Crippen molar-refractivity contribution in [3.8, 4) is 0 Å². The maximum absolute atomic E-state index is 12.8. The molecular formula is C8H5F6N. The summed E-state index contributed by atoms with van der Waals surface area (Å²) >= 11 is 0. The molecule has 0 amide bonds. The number of benzene rings is 1. The quantitative estimate of drug-likeness (QED) is 0.581. The third-order valence-corrected chi connectivity index (χ3v) is 1.73. The molecule has 1 rings (SSSR count). The molecule has 1 aromatic rings. The lowest BCUT2D eigenvalue weighted by Crippen LogP contribution is -2.29. The van der Waals surface area contributed by atoms with Gasteiger partial charge in [0.25, 0.3) is 0 Å². The third-order valence-electron chi connectivity index (χ3n) is 1.73. The van der Waals surface area contributed by atoms with E-state index in [4.69, 9.17) is 0 Å². The fourth-order valence-corrected chi connectivity index (χ4v) is 0.953. The zero-order valence-corrected chi connectivity index (χ0v) is 7.08. The molecule has 0 aliphatic heterocycles. The van der Waals surface area contributed by atoms with Gasteiger partial charge in [0.1, 0.15) is 11.9 Å². The van der Waals surface area contributed by atoms with Crippen LogP contribution in [0, 0.1) is 17.5 Å². The Kier molecular flexibility index (Phi) is 2.94. The SMILES string of the molecule is N[C@H](c1cc(F)c(F)cc1F)C(F)(F)F. The van der Waals surface area contributed by atoms with Gasteiger partial charge in [-0.15, -0.1) is 0 Å². The van der Waals surface area contributed by atoms with Gasteiger partial charge >= 0.3 is 6.18 Å². The molecule has 15 heavy (non-hydrogen) atoms. The summed E-state index contributed by atoms with van der Waals surface area (Å²) in [6, 6.07) is -2.55. The van der Waals surface area contributed by atoms with E-state index in [0.717, 1.165) is 0 Å². The van der Waals surface area contributed by atoms with Gasteiger partial charge in [0.15, 0.2) is 11.6 Å². The summed E-state index contributed by atoms with van der Waals surface area (Å²) in [4.78, 5) is 0. The number of hydrogen-bond acceptors (Lipinski definition) is 1. The van der Waals surface area contributed by atoms with Crippen molar-refractivity contribution in [2.75, 3.05) is 0 Å². The highest BCUT2D eigenvalue weighted by atomic mass is 19.4. The molecule has 0 spiro atoms. The summed E-state index contributed by atoms with van der Waals surface area (Å²) in [6.07, 6.45) is -4.91. The summed E-state index contributed by atoms with van der Waals surface area (Å²) in [5.74, 6) is -4.67. The summed E-state index contributed by atoms with van der Waals surface area (Å²) in [5.41, 5.74) is 3.51. The minimum absolute atomic E-state index is 0.0241. The van der Waals surface area contributed by atoms with Crippen molar-refractivity contribution in [1.29, 1.82) is 0 Å². The number of hydrogen-bond donors (Lipinski definition) is 1. The molecule has 2 N–H and O–H groups in total. The minimum Gasteiger partial charge on any atom is -0.316 e. The molecule has 0 heterocycles. The van der Waals surface area contributed by atoms with Crippen LogP contribution >= 0.6 is 0 Å². The highest BCUT2D eigenvalue weighted by molar-refractivity contribution is 5.24. The number of nitrogens with two attached hydrogens (primary N) is 1. The Morgan fingerprint density at radius 1 is 0.933 bits per heavy atom. The Morgan fingerprint density at radius 2 is 1.40 bits per heavy atom. The lowest BCUT2D eigenvalue weighted by atomic mass is 10.1. The highest BCUT2D eigenvalue weighted by Gasteiger charge is 2.39. The van der Waals surface area contributed by atoms with Crippen LogP contribution in [-0.4, -0.2) is 6.18 Å². The smallest absolute Gasteiger partial charge is 0.316 e. The van der Waals surface area contributed by atoms with E-state index in [-0.39, 0.29) is 12.1 Å². The third kappa shape index (κ3) is 2.41. The Morgan fingerprint density at radius 3 is 1.87 bits per heavy atom. The van der Waals surface area contributed by atoms with Gasteiger partial charge in [-0.05, 0) is 6.07 Å². The molecule has 7 heteroatoms. The molecule has 0 fully saturated rings. The largest absolute Gasteiger partial charge is 0.407 e. The maximum atomic E-state index is 12.8. The second-order valence-corrected chi connectivity index (χ2v) is 2.81. The maximum Gasteiger partial charge on any atom is 0.407 e. The van der Waals surface area contributed by atoms with Crippen LogP contribution in [0.15, 0.2) is 12.1 Å². The predicted octanol–water partition coefficient (Wildman–Crippen LogP) is 2.67. The van der Waals surface area contributed by atoms with Crippen molar-refractivity contribution >= 4 is 0 Å². The van der Waals surface area contributed by atoms with Gasteiger partial charge in [-0.25, -0.2) is 13.2 Å². The zero-order chi connectivity index (χ0) is 11.8. The standard InChI is InChI=1S/C8H5F6N/c9-4-2-6(11)5(10)1-3(4)7(15)8(12,13)14/h1-2,7H,15H2/t7-/m1/s1. The summed E-state index contributed by atoms with van der Waals surface area (Å²) in [7, 11) is 0. The lowest BCUT2D eigenvalue weighted by molar-refractivity contribution is -0.149. The zero-order valence-electron chi connectivity index (χ0n) is 7.08. The Hall–Kier alpha value is -1.24. The van der Waals surface area contributed by atoms with Crippen LogP contribution in [0.3, 0.4) is 0 Å². The van der Waals surface area contributed by atoms with Crippen molar-refractivity contribution in [2.45, 2.75) is 12.2 Å². The average molecular weight is 229 g/mol. The van der Waals surface area contributed by atoms with Crippen molar-refractivity contribution in [3.05, 3.63) is 35.1 Å². The van der Waals surface area contributed by atoms with Gasteiger partial charge in [0, 0.05) is 11.6 Å². The fraction of sp³-hybridized carbons (Fsp3) is 0.250. The molecule has 0 saturated heterocycles. The predicted molar refractivity (Wildman–Crippen MR) is 39.3 cm³/mol. The first kappa shape index (κ1) is 11.8. The van der Waals surface area contributed by atoms with E-state index >= 15 is 0 Å². The van der Waals surface area contributed by atoms with Crippen molar-refractivity contribution in [3.63, 3.8) is 0 Å². The minimum atomic E-state index is -4.91. The van der Waals surface area contributed by atoms with Gasteiger partial charge < -0.3 is 5.73 Å². The number of alkyl halides is 3. The molecule has 1 nitrogen and oxygen atoms in total. The molecular weight excluding hydrogens is 224 g/mol. The molecule has 0 radical (unpaired) electrons.